The first-order valence-electron chi connectivity index (χ1n) is 9.26. The summed E-state index contributed by atoms with van der Waals surface area (Å²) in [7, 11) is 4.85. The van der Waals surface area contributed by atoms with E-state index >= 15 is 0 Å². The highest BCUT2D eigenvalue weighted by molar-refractivity contribution is 5.93. The minimum absolute atomic E-state index is 0.0609. The number of methoxy groups -OCH3 is 3. The number of para-hydroxylation sites is 2. The molecule has 1 N–H and O–H groups in total. The zero-order valence-corrected chi connectivity index (χ0v) is 16.6. The van der Waals surface area contributed by atoms with Crippen LogP contribution in [0.2, 0.25) is 0 Å². The molecule has 0 radical (unpaired) electrons. The van der Waals surface area contributed by atoms with Crippen LogP contribution in [0, 0.1) is 0 Å². The van der Waals surface area contributed by atoms with Crippen molar-refractivity contribution in [1.29, 1.82) is 0 Å². The van der Waals surface area contributed by atoms with Crippen molar-refractivity contribution in [3.05, 3.63) is 42.5 Å². The highest BCUT2D eigenvalue weighted by atomic mass is 16.5. The molecule has 0 aliphatic carbocycles. The Morgan fingerprint density at radius 1 is 0.929 bits per heavy atom. The van der Waals surface area contributed by atoms with Crippen LogP contribution in [0.15, 0.2) is 42.5 Å². The second-order valence-corrected chi connectivity index (χ2v) is 6.55. The third kappa shape index (κ3) is 4.67. The van der Waals surface area contributed by atoms with Gasteiger partial charge in [-0.1, -0.05) is 12.1 Å². The van der Waals surface area contributed by atoms with Crippen LogP contribution in [0.4, 0.5) is 11.4 Å². The van der Waals surface area contributed by atoms with E-state index < -0.39 is 0 Å². The number of nitrogens with one attached hydrogen (secondary N) is 1. The molecule has 1 aliphatic rings. The van der Waals surface area contributed by atoms with Crippen molar-refractivity contribution in [2.24, 2.45) is 0 Å². The number of carbonyl (C=O) groups excluding carboxylic acids is 1. The molecule has 0 saturated carbocycles. The lowest BCUT2D eigenvalue weighted by Crippen LogP contribution is -2.48. The minimum atomic E-state index is -0.0609. The van der Waals surface area contributed by atoms with Gasteiger partial charge >= 0.3 is 0 Å². The van der Waals surface area contributed by atoms with Gasteiger partial charge in [0.25, 0.3) is 0 Å². The molecule has 7 nitrogen and oxygen atoms in total. The molecule has 1 saturated heterocycles. The standard InChI is InChI=1S/C21H27N3O4/c1-26-16-8-9-17(20(14-16)28-3)22-21(25)15-23-10-12-24(13-11-23)18-6-4-5-7-19(18)27-2/h4-9,14H,10-13,15H2,1-3H3,(H,22,25). The molecule has 2 aromatic carbocycles. The Balaban J connectivity index is 1.54. The van der Waals surface area contributed by atoms with Crippen LogP contribution in [0.5, 0.6) is 17.2 Å². The summed E-state index contributed by atoms with van der Waals surface area (Å²) in [5.74, 6) is 2.07. The number of anilines is 2. The van der Waals surface area contributed by atoms with Gasteiger partial charge in [-0.3, -0.25) is 9.69 Å². The van der Waals surface area contributed by atoms with Crippen LogP contribution >= 0.6 is 0 Å². The molecular weight excluding hydrogens is 358 g/mol. The summed E-state index contributed by atoms with van der Waals surface area (Å²) in [5, 5.41) is 2.93. The van der Waals surface area contributed by atoms with Gasteiger partial charge in [0.15, 0.2) is 0 Å². The Labute approximate surface area is 165 Å². The van der Waals surface area contributed by atoms with Gasteiger partial charge in [0.05, 0.1) is 39.2 Å². The Hall–Kier alpha value is -2.93. The number of benzene rings is 2. The lowest BCUT2D eigenvalue weighted by molar-refractivity contribution is -0.117. The van der Waals surface area contributed by atoms with Gasteiger partial charge in [-0.2, -0.15) is 0 Å². The molecule has 0 unspecified atom stereocenters. The molecule has 1 fully saturated rings. The molecule has 7 heteroatoms. The summed E-state index contributed by atoms with van der Waals surface area (Å²) in [5.41, 5.74) is 1.73. The molecule has 1 amide bonds. The maximum absolute atomic E-state index is 12.5. The van der Waals surface area contributed by atoms with E-state index in [9.17, 15) is 4.79 Å². The smallest absolute Gasteiger partial charge is 0.238 e. The van der Waals surface area contributed by atoms with E-state index in [2.05, 4.69) is 21.2 Å². The summed E-state index contributed by atoms with van der Waals surface area (Å²) in [6.07, 6.45) is 0. The fraction of sp³-hybridized carbons (Fsp3) is 0.381. The summed E-state index contributed by atoms with van der Waals surface area (Å²) < 4.78 is 16.0. The molecular formula is C21H27N3O4. The number of amides is 1. The van der Waals surface area contributed by atoms with Crippen molar-refractivity contribution < 1.29 is 19.0 Å². The zero-order chi connectivity index (χ0) is 19.9. The monoisotopic (exact) mass is 385 g/mol. The Bertz CT molecular complexity index is 804. The average molecular weight is 385 g/mol. The third-order valence-electron chi connectivity index (χ3n) is 4.85. The minimum Gasteiger partial charge on any atom is -0.497 e. The van der Waals surface area contributed by atoms with E-state index in [1.165, 1.54) is 0 Å². The fourth-order valence-corrected chi connectivity index (χ4v) is 3.33. The van der Waals surface area contributed by atoms with Crippen molar-refractivity contribution in [3.8, 4) is 17.2 Å². The Morgan fingerprint density at radius 3 is 2.32 bits per heavy atom. The van der Waals surface area contributed by atoms with Crippen LogP contribution in [0.1, 0.15) is 0 Å². The number of hydrogen-bond acceptors (Lipinski definition) is 6. The van der Waals surface area contributed by atoms with Crippen LogP contribution < -0.4 is 24.4 Å². The Kier molecular flexibility index (Phi) is 6.60. The lowest BCUT2D eigenvalue weighted by atomic mass is 10.2. The first-order chi connectivity index (χ1) is 13.6. The largest absolute Gasteiger partial charge is 0.497 e. The first kappa shape index (κ1) is 19.8. The summed E-state index contributed by atoms with van der Waals surface area (Å²) in [6, 6.07) is 13.4. The summed E-state index contributed by atoms with van der Waals surface area (Å²) in [6.45, 7) is 3.66. The van der Waals surface area contributed by atoms with Crippen molar-refractivity contribution in [2.75, 3.05) is 64.3 Å². The van der Waals surface area contributed by atoms with Gasteiger partial charge in [-0.25, -0.2) is 0 Å². The van der Waals surface area contributed by atoms with Gasteiger partial charge in [0.2, 0.25) is 5.91 Å². The molecule has 1 aliphatic heterocycles. The Morgan fingerprint density at radius 2 is 1.64 bits per heavy atom. The number of ether oxygens (including phenoxy) is 3. The topological polar surface area (TPSA) is 63.3 Å². The van der Waals surface area contributed by atoms with E-state index in [1.54, 1.807) is 39.5 Å². The normalized spacial score (nSPS) is 14.5. The predicted octanol–water partition coefficient (Wildman–Crippen LogP) is 2.47. The number of carbonyl (C=O) groups is 1. The summed E-state index contributed by atoms with van der Waals surface area (Å²) in [4.78, 5) is 16.9. The van der Waals surface area contributed by atoms with Gasteiger partial charge < -0.3 is 24.4 Å². The second-order valence-electron chi connectivity index (χ2n) is 6.55. The molecule has 2 aromatic rings. The highest BCUT2D eigenvalue weighted by Crippen LogP contribution is 2.30. The number of rotatable bonds is 7. The molecule has 28 heavy (non-hydrogen) atoms. The maximum Gasteiger partial charge on any atom is 0.238 e. The highest BCUT2D eigenvalue weighted by Gasteiger charge is 2.21. The molecule has 0 bridgehead atoms. The number of nitrogens with zero attached hydrogens (tertiary/aromatic N) is 2. The molecule has 150 valence electrons. The zero-order valence-electron chi connectivity index (χ0n) is 16.6. The second kappa shape index (κ2) is 9.32. The van der Waals surface area contributed by atoms with Crippen LogP contribution in [-0.4, -0.2) is 64.9 Å². The first-order valence-corrected chi connectivity index (χ1v) is 9.26. The molecule has 1 heterocycles. The van der Waals surface area contributed by atoms with E-state index in [-0.39, 0.29) is 5.91 Å². The van der Waals surface area contributed by atoms with Crippen molar-refractivity contribution in [1.82, 2.24) is 4.90 Å². The molecule has 0 aromatic heterocycles. The van der Waals surface area contributed by atoms with Gasteiger partial charge in [-0.15, -0.1) is 0 Å². The maximum atomic E-state index is 12.5. The molecule has 0 spiro atoms. The average Bonchev–Trinajstić information content (AvgIpc) is 2.74. The van der Waals surface area contributed by atoms with Crippen LogP contribution in [0.25, 0.3) is 0 Å². The van der Waals surface area contributed by atoms with Crippen LogP contribution in [-0.2, 0) is 4.79 Å². The van der Waals surface area contributed by atoms with Crippen LogP contribution in [0.3, 0.4) is 0 Å². The SMILES string of the molecule is COc1ccc(NC(=O)CN2CCN(c3ccccc3OC)CC2)c(OC)c1. The molecule has 0 atom stereocenters. The third-order valence-corrected chi connectivity index (χ3v) is 4.85. The quantitative estimate of drug-likeness (QED) is 0.790. The predicted molar refractivity (Wildman–Crippen MR) is 110 cm³/mol. The fourth-order valence-electron chi connectivity index (χ4n) is 3.33. The van der Waals surface area contributed by atoms with E-state index in [1.807, 2.05) is 18.2 Å². The van der Waals surface area contributed by atoms with Crippen molar-refractivity contribution >= 4 is 17.3 Å². The van der Waals surface area contributed by atoms with Gasteiger partial charge in [0.1, 0.15) is 17.2 Å². The van der Waals surface area contributed by atoms with Gasteiger partial charge in [-0.05, 0) is 24.3 Å². The van der Waals surface area contributed by atoms with Crippen molar-refractivity contribution in [2.45, 2.75) is 0 Å². The van der Waals surface area contributed by atoms with E-state index in [4.69, 9.17) is 14.2 Å². The summed E-state index contributed by atoms with van der Waals surface area (Å²) >= 11 is 0. The number of hydrogen-bond donors (Lipinski definition) is 1. The number of piperazine rings is 1. The van der Waals surface area contributed by atoms with Gasteiger partial charge in [0, 0.05) is 32.2 Å². The van der Waals surface area contributed by atoms with E-state index in [0.29, 0.717) is 23.7 Å². The van der Waals surface area contributed by atoms with Crippen molar-refractivity contribution in [3.63, 3.8) is 0 Å². The molecule has 3 rings (SSSR count). The lowest BCUT2D eigenvalue weighted by Gasteiger charge is -2.36. The van der Waals surface area contributed by atoms with E-state index in [0.717, 1.165) is 37.6 Å².